The Balaban J connectivity index is 1.61. The Morgan fingerprint density at radius 2 is 1.32 bits per heavy atom. The topological polar surface area (TPSA) is 59.5 Å². The summed E-state index contributed by atoms with van der Waals surface area (Å²) >= 11 is 0. The van der Waals surface area contributed by atoms with E-state index in [0.717, 1.165) is 59.7 Å². The molecule has 2 amide bonds. The van der Waals surface area contributed by atoms with Crippen LogP contribution < -0.4 is 4.74 Å². The average molecular weight is 493 g/mol. The molecule has 4 aromatic rings. The van der Waals surface area contributed by atoms with Crippen molar-refractivity contribution in [3.8, 4) is 28.0 Å². The molecule has 0 saturated heterocycles. The molecule has 1 aliphatic heterocycles. The van der Waals surface area contributed by atoms with Crippen LogP contribution in [0.15, 0.2) is 73.1 Å². The van der Waals surface area contributed by atoms with Crippen molar-refractivity contribution in [3.63, 3.8) is 0 Å². The van der Waals surface area contributed by atoms with E-state index in [4.69, 9.17) is 4.74 Å². The van der Waals surface area contributed by atoms with E-state index >= 15 is 0 Å². The molecule has 0 saturated carbocycles. The monoisotopic (exact) mass is 492 g/mol. The number of nitrogens with zero attached hydrogens (tertiary/aromatic N) is 2. The summed E-state index contributed by atoms with van der Waals surface area (Å²) in [6.45, 7) is 4.21. The molecule has 1 unspecified atom stereocenters. The Labute approximate surface area is 218 Å². The molecule has 1 aromatic heterocycles. The summed E-state index contributed by atoms with van der Waals surface area (Å²) < 4.78 is 5.75. The van der Waals surface area contributed by atoms with E-state index in [2.05, 4.69) is 43.1 Å². The van der Waals surface area contributed by atoms with Crippen LogP contribution in [0.25, 0.3) is 33.0 Å². The number of hydrogen-bond donors (Lipinski definition) is 0. The zero-order chi connectivity index (χ0) is 25.9. The van der Waals surface area contributed by atoms with Crippen molar-refractivity contribution in [2.75, 3.05) is 7.11 Å². The van der Waals surface area contributed by atoms with Crippen LogP contribution in [0.2, 0.25) is 0 Å². The quantitative estimate of drug-likeness (QED) is 0.179. The number of aromatic nitrogens is 1. The Kier molecular flexibility index (Phi) is 7.04. The molecule has 2 heterocycles. The maximum atomic E-state index is 13.8. The van der Waals surface area contributed by atoms with Crippen molar-refractivity contribution in [1.29, 1.82) is 0 Å². The first-order valence-corrected chi connectivity index (χ1v) is 13.1. The number of rotatable bonds is 9. The normalized spacial score (nSPS) is 13.8. The highest BCUT2D eigenvalue weighted by Crippen LogP contribution is 2.42. The molecule has 5 rings (SSSR count). The number of unbranched alkanes of at least 4 members (excludes halogenated alkanes) is 2. The van der Waals surface area contributed by atoms with Crippen LogP contribution in [0.1, 0.15) is 66.7 Å². The van der Waals surface area contributed by atoms with Gasteiger partial charge < -0.3 is 4.74 Å². The molecule has 0 aliphatic carbocycles. The summed E-state index contributed by atoms with van der Waals surface area (Å²) in [5.41, 5.74) is 5.24. The maximum Gasteiger partial charge on any atom is 0.261 e. The number of hydrogen-bond acceptors (Lipinski definition) is 4. The summed E-state index contributed by atoms with van der Waals surface area (Å²) in [5.74, 6) is 0.232. The lowest BCUT2D eigenvalue weighted by atomic mass is 9.87. The number of carbonyl (C=O) groups is 2. The Morgan fingerprint density at radius 3 is 1.95 bits per heavy atom. The molecule has 5 heteroatoms. The third kappa shape index (κ3) is 4.39. The molecular weight excluding hydrogens is 460 g/mol. The second kappa shape index (κ2) is 10.6. The molecular formula is C32H32N2O3. The van der Waals surface area contributed by atoms with E-state index in [9.17, 15) is 9.59 Å². The van der Waals surface area contributed by atoms with Crippen molar-refractivity contribution >= 4 is 22.6 Å². The molecule has 188 valence electrons. The van der Waals surface area contributed by atoms with Gasteiger partial charge in [-0.1, -0.05) is 63.4 Å². The summed E-state index contributed by atoms with van der Waals surface area (Å²) in [6.07, 6.45) is 8.35. The second-order valence-electron chi connectivity index (χ2n) is 9.58. The lowest BCUT2D eigenvalue weighted by Crippen LogP contribution is -2.46. The van der Waals surface area contributed by atoms with Crippen LogP contribution in [0.3, 0.4) is 0 Å². The molecule has 0 N–H and O–H groups in total. The number of imide groups is 1. The van der Waals surface area contributed by atoms with Crippen molar-refractivity contribution in [3.05, 3.63) is 84.2 Å². The molecule has 1 atom stereocenters. The van der Waals surface area contributed by atoms with Gasteiger partial charge in [-0.25, -0.2) is 0 Å². The Hall–Kier alpha value is -3.99. The van der Waals surface area contributed by atoms with E-state index in [1.165, 1.54) is 4.90 Å². The van der Waals surface area contributed by atoms with E-state index in [-0.39, 0.29) is 17.9 Å². The lowest BCUT2D eigenvalue weighted by molar-refractivity contribution is 0.0524. The third-order valence-corrected chi connectivity index (χ3v) is 7.43. The Bertz CT molecular complexity index is 1420. The van der Waals surface area contributed by atoms with Gasteiger partial charge in [0.25, 0.3) is 11.8 Å². The summed E-state index contributed by atoms with van der Waals surface area (Å²) in [4.78, 5) is 33.1. The van der Waals surface area contributed by atoms with Crippen LogP contribution >= 0.6 is 0 Å². The van der Waals surface area contributed by atoms with Gasteiger partial charge in [-0.05, 0) is 65.4 Å². The smallest absolute Gasteiger partial charge is 0.261 e. The van der Waals surface area contributed by atoms with Crippen LogP contribution in [-0.4, -0.2) is 34.8 Å². The molecule has 5 nitrogen and oxygen atoms in total. The lowest BCUT2D eigenvalue weighted by Gasteiger charge is -2.34. The summed E-state index contributed by atoms with van der Waals surface area (Å²) in [5, 5.41) is 1.49. The molecule has 0 radical (unpaired) electrons. The number of amides is 2. The molecule has 0 bridgehead atoms. The summed E-state index contributed by atoms with van der Waals surface area (Å²) in [7, 11) is 1.62. The maximum absolute atomic E-state index is 13.8. The standard InChI is InChI=1S/C32H32N2O3/c1-4-6-7-8-24(5-2)34-31(35)26-14-13-25(30-28(37-3)16-15-27(29(26)30)32(34)36)23-11-9-21(10-12-23)22-17-19-33-20-18-22/h9-20,24H,4-8H2,1-3H3. The molecule has 1 aliphatic rings. The van der Waals surface area contributed by atoms with Gasteiger partial charge in [-0.15, -0.1) is 0 Å². The highest BCUT2D eigenvalue weighted by molar-refractivity contribution is 6.28. The zero-order valence-electron chi connectivity index (χ0n) is 21.7. The van der Waals surface area contributed by atoms with Gasteiger partial charge in [0, 0.05) is 40.3 Å². The fraction of sp³-hybridized carbons (Fsp3) is 0.281. The molecule has 0 fully saturated rings. The first-order chi connectivity index (χ1) is 18.1. The number of benzene rings is 3. The van der Waals surface area contributed by atoms with Gasteiger partial charge >= 0.3 is 0 Å². The van der Waals surface area contributed by atoms with Crippen molar-refractivity contribution in [2.24, 2.45) is 0 Å². The van der Waals surface area contributed by atoms with Gasteiger partial charge in [0.15, 0.2) is 0 Å². The van der Waals surface area contributed by atoms with Crippen molar-refractivity contribution < 1.29 is 14.3 Å². The minimum Gasteiger partial charge on any atom is -0.496 e. The van der Waals surface area contributed by atoms with Gasteiger partial charge in [0.2, 0.25) is 0 Å². The van der Waals surface area contributed by atoms with Gasteiger partial charge in [-0.2, -0.15) is 0 Å². The largest absolute Gasteiger partial charge is 0.496 e. The number of pyridine rings is 1. The molecule has 37 heavy (non-hydrogen) atoms. The molecule has 0 spiro atoms. The second-order valence-corrected chi connectivity index (χ2v) is 9.58. The van der Waals surface area contributed by atoms with Gasteiger partial charge in [0.05, 0.1) is 7.11 Å². The number of carbonyl (C=O) groups excluding carboxylic acids is 2. The van der Waals surface area contributed by atoms with Crippen LogP contribution in [0, 0.1) is 0 Å². The minimum absolute atomic E-state index is 0.0998. The van der Waals surface area contributed by atoms with Crippen molar-refractivity contribution in [2.45, 2.75) is 52.0 Å². The van der Waals surface area contributed by atoms with Crippen LogP contribution in [0.4, 0.5) is 0 Å². The summed E-state index contributed by atoms with van der Waals surface area (Å²) in [6, 6.07) is 19.7. The van der Waals surface area contributed by atoms with Crippen LogP contribution in [0.5, 0.6) is 5.75 Å². The number of ether oxygens (including phenoxy) is 1. The number of methoxy groups -OCH3 is 1. The third-order valence-electron chi connectivity index (χ3n) is 7.43. The first-order valence-electron chi connectivity index (χ1n) is 13.1. The van der Waals surface area contributed by atoms with Crippen molar-refractivity contribution in [1.82, 2.24) is 9.88 Å². The predicted molar refractivity (Wildman–Crippen MR) is 148 cm³/mol. The zero-order valence-corrected chi connectivity index (χ0v) is 21.7. The minimum atomic E-state index is -0.210. The average Bonchev–Trinajstić information content (AvgIpc) is 2.95. The van der Waals surface area contributed by atoms with Gasteiger partial charge in [-0.3, -0.25) is 19.5 Å². The highest BCUT2D eigenvalue weighted by atomic mass is 16.5. The van der Waals surface area contributed by atoms with E-state index in [0.29, 0.717) is 22.3 Å². The Morgan fingerprint density at radius 1 is 0.730 bits per heavy atom. The first kappa shape index (κ1) is 24.7. The van der Waals surface area contributed by atoms with E-state index < -0.39 is 0 Å². The highest BCUT2D eigenvalue weighted by Gasteiger charge is 2.37. The van der Waals surface area contributed by atoms with Gasteiger partial charge in [0.1, 0.15) is 5.75 Å². The fourth-order valence-electron chi connectivity index (χ4n) is 5.45. The predicted octanol–water partition coefficient (Wildman–Crippen LogP) is 7.53. The SMILES string of the molecule is CCCCCC(CC)N1C(=O)c2ccc(OC)c3c(-c4ccc(-c5ccncc5)cc4)ccc(c23)C1=O. The van der Waals surface area contributed by atoms with E-state index in [1.54, 1.807) is 19.5 Å². The van der Waals surface area contributed by atoms with Crippen LogP contribution in [-0.2, 0) is 0 Å². The molecule has 3 aromatic carbocycles. The fourth-order valence-corrected chi connectivity index (χ4v) is 5.45. The van der Waals surface area contributed by atoms with E-state index in [1.807, 2.05) is 36.4 Å².